The van der Waals surface area contributed by atoms with Crippen LogP contribution in [-0.2, 0) is 4.79 Å². The van der Waals surface area contributed by atoms with E-state index in [9.17, 15) is 9.59 Å². The van der Waals surface area contributed by atoms with Gasteiger partial charge in [0.15, 0.2) is 0 Å². The second kappa shape index (κ2) is 6.40. The van der Waals surface area contributed by atoms with Crippen molar-refractivity contribution >= 4 is 24.1 Å². The average Bonchev–Trinajstić information content (AvgIpc) is 2.28. The largest absolute Gasteiger partial charge is 0.338 e. The van der Waals surface area contributed by atoms with Crippen LogP contribution in [0, 0.1) is 0 Å². The van der Waals surface area contributed by atoms with Crippen molar-refractivity contribution in [2.75, 3.05) is 11.9 Å². The van der Waals surface area contributed by atoms with Crippen LogP contribution < -0.4 is 10.6 Å². The number of hydrogen-bond acceptors (Lipinski definition) is 2. The molecule has 84 valence electrons. The van der Waals surface area contributed by atoms with Crippen LogP contribution in [-0.4, -0.2) is 18.9 Å². The summed E-state index contributed by atoms with van der Waals surface area (Å²) in [5, 5.41) is 5.34. The van der Waals surface area contributed by atoms with E-state index in [-0.39, 0.29) is 6.03 Å². The molecule has 16 heavy (non-hydrogen) atoms. The monoisotopic (exact) mass is 218 g/mol. The van der Waals surface area contributed by atoms with Crippen LogP contribution in [0.1, 0.15) is 12.5 Å². The fourth-order valence-electron chi connectivity index (χ4n) is 1.23. The number of para-hydroxylation sites is 1. The highest BCUT2D eigenvalue weighted by atomic mass is 16.2. The van der Waals surface area contributed by atoms with Crippen LogP contribution in [0.2, 0.25) is 0 Å². The fraction of sp³-hybridized carbons (Fsp3) is 0.167. The number of anilines is 1. The Morgan fingerprint density at radius 3 is 2.81 bits per heavy atom. The minimum Gasteiger partial charge on any atom is -0.338 e. The smallest absolute Gasteiger partial charge is 0.319 e. The third kappa shape index (κ3) is 3.57. The summed E-state index contributed by atoms with van der Waals surface area (Å²) in [5.41, 5.74) is 1.47. The zero-order valence-corrected chi connectivity index (χ0v) is 9.07. The number of nitrogens with one attached hydrogen (secondary N) is 2. The topological polar surface area (TPSA) is 58.2 Å². The molecule has 4 heteroatoms. The lowest BCUT2D eigenvalue weighted by Crippen LogP contribution is -2.28. The number of benzene rings is 1. The van der Waals surface area contributed by atoms with Gasteiger partial charge in [0, 0.05) is 12.2 Å². The normalized spacial score (nSPS) is 10.1. The highest BCUT2D eigenvalue weighted by molar-refractivity contribution is 5.92. The molecule has 0 aromatic heterocycles. The van der Waals surface area contributed by atoms with Gasteiger partial charge in [-0.2, -0.15) is 0 Å². The summed E-state index contributed by atoms with van der Waals surface area (Å²) in [6.45, 7) is 2.41. The molecule has 1 aromatic rings. The molecule has 0 unspecified atom stereocenters. The second-order valence-corrected chi connectivity index (χ2v) is 3.07. The predicted molar refractivity (Wildman–Crippen MR) is 64.2 cm³/mol. The molecule has 4 nitrogen and oxygen atoms in total. The molecule has 2 N–H and O–H groups in total. The molecule has 1 aromatic carbocycles. The van der Waals surface area contributed by atoms with Gasteiger partial charge in [0.25, 0.3) is 0 Å². The van der Waals surface area contributed by atoms with Crippen LogP contribution >= 0.6 is 0 Å². The Kier molecular flexibility index (Phi) is 4.79. The Labute approximate surface area is 94.4 Å². The first kappa shape index (κ1) is 12.0. The van der Waals surface area contributed by atoms with Gasteiger partial charge in [-0.05, 0) is 30.7 Å². The first-order chi connectivity index (χ1) is 7.77. The van der Waals surface area contributed by atoms with Gasteiger partial charge in [-0.25, -0.2) is 4.79 Å². The van der Waals surface area contributed by atoms with Gasteiger partial charge in [-0.15, -0.1) is 0 Å². The number of aldehydes is 1. The predicted octanol–water partition coefficient (Wildman–Crippen LogP) is 2.04. The number of rotatable bonds is 4. The third-order valence-electron chi connectivity index (χ3n) is 1.90. The highest BCUT2D eigenvalue weighted by Crippen LogP contribution is 2.16. The van der Waals surface area contributed by atoms with E-state index in [0.29, 0.717) is 18.5 Å². The first-order valence-electron chi connectivity index (χ1n) is 5.03. The molecule has 0 heterocycles. The Bertz CT molecular complexity index is 400. The zero-order chi connectivity index (χ0) is 11.8. The Morgan fingerprint density at radius 2 is 2.12 bits per heavy atom. The van der Waals surface area contributed by atoms with Crippen molar-refractivity contribution in [2.24, 2.45) is 0 Å². The molecule has 0 atom stereocenters. The number of urea groups is 1. The maximum atomic E-state index is 11.3. The van der Waals surface area contributed by atoms with Crippen LogP contribution in [0.15, 0.2) is 30.3 Å². The average molecular weight is 218 g/mol. The zero-order valence-electron chi connectivity index (χ0n) is 9.07. The molecule has 0 aliphatic heterocycles. The van der Waals surface area contributed by atoms with Crippen molar-refractivity contribution in [2.45, 2.75) is 6.92 Å². The van der Waals surface area contributed by atoms with E-state index in [1.807, 2.05) is 25.1 Å². The second-order valence-electron chi connectivity index (χ2n) is 3.07. The standard InChI is InChI=1S/C12H14N2O2/c1-2-13-12(16)14-11-8-4-3-6-10(11)7-5-9-15/h3-9H,2H2,1H3,(H2,13,14,16)/b7-5+. The lowest BCUT2D eigenvalue weighted by atomic mass is 10.1. The van der Waals surface area contributed by atoms with Crippen LogP contribution in [0.25, 0.3) is 6.08 Å². The third-order valence-corrected chi connectivity index (χ3v) is 1.90. The fourth-order valence-corrected chi connectivity index (χ4v) is 1.23. The molecule has 0 aliphatic carbocycles. The molecule has 1 rings (SSSR count). The van der Waals surface area contributed by atoms with E-state index < -0.39 is 0 Å². The number of amides is 2. The summed E-state index contributed by atoms with van der Waals surface area (Å²) in [4.78, 5) is 21.6. The lowest BCUT2D eigenvalue weighted by Gasteiger charge is -2.08. The van der Waals surface area contributed by atoms with Gasteiger partial charge in [-0.1, -0.05) is 18.2 Å². The van der Waals surface area contributed by atoms with E-state index >= 15 is 0 Å². The summed E-state index contributed by atoms with van der Waals surface area (Å²) >= 11 is 0. The number of carbonyl (C=O) groups is 2. The number of carbonyl (C=O) groups excluding carboxylic acids is 2. The highest BCUT2D eigenvalue weighted by Gasteiger charge is 2.02. The minimum atomic E-state index is -0.255. The Hall–Kier alpha value is -2.10. The molecule has 2 amide bonds. The van der Waals surface area contributed by atoms with Crippen molar-refractivity contribution in [1.82, 2.24) is 5.32 Å². The van der Waals surface area contributed by atoms with Gasteiger partial charge < -0.3 is 10.6 Å². The molecule has 0 aliphatic rings. The van der Waals surface area contributed by atoms with Crippen molar-refractivity contribution in [3.63, 3.8) is 0 Å². The van der Waals surface area contributed by atoms with Gasteiger partial charge in [-0.3, -0.25) is 4.79 Å². The molecule has 0 spiro atoms. The summed E-state index contributed by atoms with van der Waals surface area (Å²) in [6, 6.07) is 7.00. The molecule has 0 fully saturated rings. The molecule has 0 saturated carbocycles. The van der Waals surface area contributed by atoms with E-state index in [1.165, 1.54) is 6.08 Å². The molecule has 0 bridgehead atoms. The SMILES string of the molecule is CCNC(=O)Nc1ccccc1/C=C/C=O. The summed E-state index contributed by atoms with van der Waals surface area (Å²) in [6.07, 6.45) is 3.73. The Balaban J connectivity index is 2.82. The van der Waals surface area contributed by atoms with Crippen LogP contribution in [0.4, 0.5) is 10.5 Å². The van der Waals surface area contributed by atoms with Crippen LogP contribution in [0.5, 0.6) is 0 Å². The summed E-state index contributed by atoms with van der Waals surface area (Å²) < 4.78 is 0. The van der Waals surface area contributed by atoms with E-state index in [2.05, 4.69) is 10.6 Å². The van der Waals surface area contributed by atoms with Crippen molar-refractivity contribution < 1.29 is 9.59 Å². The number of hydrogen-bond donors (Lipinski definition) is 2. The quantitative estimate of drug-likeness (QED) is 0.600. The molecule has 0 saturated heterocycles. The van der Waals surface area contributed by atoms with Crippen molar-refractivity contribution in [1.29, 1.82) is 0 Å². The molecular formula is C12H14N2O2. The lowest BCUT2D eigenvalue weighted by molar-refractivity contribution is -0.104. The van der Waals surface area contributed by atoms with Gasteiger partial charge in [0.05, 0.1) is 0 Å². The maximum absolute atomic E-state index is 11.3. The van der Waals surface area contributed by atoms with Crippen molar-refractivity contribution in [3.05, 3.63) is 35.9 Å². The first-order valence-corrected chi connectivity index (χ1v) is 5.03. The minimum absolute atomic E-state index is 0.255. The van der Waals surface area contributed by atoms with Gasteiger partial charge in [0.1, 0.15) is 6.29 Å². The summed E-state index contributed by atoms with van der Waals surface area (Å²) in [5.74, 6) is 0. The van der Waals surface area contributed by atoms with E-state index in [0.717, 1.165) is 5.56 Å². The van der Waals surface area contributed by atoms with Crippen LogP contribution in [0.3, 0.4) is 0 Å². The molecular weight excluding hydrogens is 204 g/mol. The Morgan fingerprint density at radius 1 is 1.38 bits per heavy atom. The van der Waals surface area contributed by atoms with Gasteiger partial charge >= 0.3 is 6.03 Å². The van der Waals surface area contributed by atoms with E-state index in [1.54, 1.807) is 12.1 Å². The maximum Gasteiger partial charge on any atom is 0.319 e. The van der Waals surface area contributed by atoms with E-state index in [4.69, 9.17) is 0 Å². The number of allylic oxidation sites excluding steroid dienone is 1. The molecule has 0 radical (unpaired) electrons. The summed E-state index contributed by atoms with van der Waals surface area (Å²) in [7, 11) is 0. The van der Waals surface area contributed by atoms with Gasteiger partial charge in [0.2, 0.25) is 0 Å². The van der Waals surface area contributed by atoms with Crippen molar-refractivity contribution in [3.8, 4) is 0 Å².